The van der Waals surface area contributed by atoms with Crippen molar-refractivity contribution in [3.63, 3.8) is 0 Å². The lowest BCUT2D eigenvalue weighted by molar-refractivity contribution is 0.604. The van der Waals surface area contributed by atoms with Gasteiger partial charge in [0.25, 0.3) is 0 Å². The number of fused-ring (bicyclic) bond motifs is 2. The van der Waals surface area contributed by atoms with Crippen LogP contribution in [0.25, 0.3) is 33.1 Å². The normalized spacial score (nSPS) is 11.0. The van der Waals surface area contributed by atoms with Crippen molar-refractivity contribution in [3.05, 3.63) is 77.2 Å². The number of nitrogens with zero attached hydrogens (tertiary/aromatic N) is 1. The zero-order valence-electron chi connectivity index (χ0n) is 11.1. The second-order valence-electron chi connectivity index (χ2n) is 4.86. The summed E-state index contributed by atoms with van der Waals surface area (Å²) in [6.45, 7) is 0. The van der Waals surface area contributed by atoms with E-state index in [1.807, 2.05) is 48.5 Å². The van der Waals surface area contributed by atoms with Gasteiger partial charge in [0.2, 0.25) is 5.43 Å². The van der Waals surface area contributed by atoms with Crippen LogP contribution >= 0.6 is 0 Å². The van der Waals surface area contributed by atoms with Crippen LogP contribution in [-0.4, -0.2) is 4.98 Å². The molecule has 0 saturated carbocycles. The van der Waals surface area contributed by atoms with Crippen LogP contribution < -0.4 is 5.43 Å². The van der Waals surface area contributed by atoms with Gasteiger partial charge in [-0.1, -0.05) is 36.4 Å². The van der Waals surface area contributed by atoms with E-state index in [9.17, 15) is 4.79 Å². The summed E-state index contributed by atoms with van der Waals surface area (Å²) in [6.07, 6.45) is 1.49. The van der Waals surface area contributed by atoms with E-state index in [-0.39, 0.29) is 5.43 Å². The van der Waals surface area contributed by atoms with Crippen molar-refractivity contribution in [3.8, 4) is 11.3 Å². The quantitative estimate of drug-likeness (QED) is 0.526. The summed E-state index contributed by atoms with van der Waals surface area (Å²) in [6, 6.07) is 18.9. The zero-order chi connectivity index (χ0) is 14.2. The molecule has 0 radical (unpaired) electrons. The van der Waals surface area contributed by atoms with Crippen LogP contribution in [0.2, 0.25) is 0 Å². The van der Waals surface area contributed by atoms with Gasteiger partial charge >= 0.3 is 0 Å². The lowest BCUT2D eigenvalue weighted by atomic mass is 10.1. The molecule has 4 rings (SSSR count). The Bertz CT molecular complexity index is 1020. The number of rotatable bonds is 1. The average molecular weight is 273 g/mol. The predicted octanol–water partition coefficient (Wildman–Crippen LogP) is 4.01. The van der Waals surface area contributed by atoms with Crippen molar-refractivity contribution >= 4 is 21.9 Å². The van der Waals surface area contributed by atoms with E-state index in [1.165, 1.54) is 6.26 Å². The Labute approximate surface area is 120 Å². The fourth-order valence-corrected chi connectivity index (χ4v) is 2.47. The molecule has 0 spiro atoms. The van der Waals surface area contributed by atoms with Crippen molar-refractivity contribution in [2.45, 2.75) is 0 Å². The standard InChI is InChI=1S/C18H11NO2/c20-18-13-6-2-4-8-17(13)21-11-14(18)16-10-9-12-5-1-3-7-15(12)19-16/h1-11H. The van der Waals surface area contributed by atoms with Gasteiger partial charge in [0, 0.05) is 5.39 Å². The lowest BCUT2D eigenvalue weighted by Gasteiger charge is -2.03. The van der Waals surface area contributed by atoms with E-state index in [0.717, 1.165) is 10.9 Å². The Balaban J connectivity index is 2.00. The lowest BCUT2D eigenvalue weighted by Crippen LogP contribution is -2.05. The van der Waals surface area contributed by atoms with E-state index in [0.29, 0.717) is 22.2 Å². The van der Waals surface area contributed by atoms with E-state index < -0.39 is 0 Å². The highest BCUT2D eigenvalue weighted by molar-refractivity contribution is 5.84. The van der Waals surface area contributed by atoms with Gasteiger partial charge in [-0.3, -0.25) is 4.79 Å². The van der Waals surface area contributed by atoms with Crippen molar-refractivity contribution in [2.75, 3.05) is 0 Å². The second-order valence-corrected chi connectivity index (χ2v) is 4.86. The third kappa shape index (κ3) is 1.91. The highest BCUT2D eigenvalue weighted by Crippen LogP contribution is 2.20. The van der Waals surface area contributed by atoms with Gasteiger partial charge in [0.1, 0.15) is 11.8 Å². The third-order valence-corrected chi connectivity index (χ3v) is 3.55. The Hall–Kier alpha value is -2.94. The molecule has 2 heterocycles. The molecule has 4 aromatic rings. The zero-order valence-corrected chi connectivity index (χ0v) is 11.1. The minimum atomic E-state index is -0.0559. The van der Waals surface area contributed by atoms with Gasteiger partial charge in [-0.25, -0.2) is 4.98 Å². The molecule has 3 heteroatoms. The van der Waals surface area contributed by atoms with Crippen molar-refractivity contribution < 1.29 is 4.42 Å². The summed E-state index contributed by atoms with van der Waals surface area (Å²) in [4.78, 5) is 17.1. The molecule has 0 N–H and O–H groups in total. The predicted molar refractivity (Wildman–Crippen MR) is 83.2 cm³/mol. The largest absolute Gasteiger partial charge is 0.463 e. The molecule has 21 heavy (non-hydrogen) atoms. The molecule has 2 aromatic heterocycles. The van der Waals surface area contributed by atoms with E-state index in [4.69, 9.17) is 4.42 Å². The highest BCUT2D eigenvalue weighted by atomic mass is 16.3. The SMILES string of the molecule is O=c1c(-c2ccc3ccccc3n2)coc2ccccc12. The van der Waals surface area contributed by atoms with Crippen molar-refractivity contribution in [2.24, 2.45) is 0 Å². The minimum absolute atomic E-state index is 0.0559. The van der Waals surface area contributed by atoms with Crippen molar-refractivity contribution in [1.29, 1.82) is 0 Å². The molecule has 0 aliphatic carbocycles. The Kier molecular flexibility index (Phi) is 2.57. The number of pyridine rings is 1. The smallest absolute Gasteiger partial charge is 0.202 e. The first-order chi connectivity index (χ1) is 10.3. The van der Waals surface area contributed by atoms with Crippen LogP contribution in [0.5, 0.6) is 0 Å². The molecule has 0 atom stereocenters. The molecular formula is C18H11NO2. The van der Waals surface area contributed by atoms with Crippen LogP contribution in [0.1, 0.15) is 0 Å². The molecule has 0 unspecified atom stereocenters. The average Bonchev–Trinajstić information content (AvgIpc) is 2.55. The van der Waals surface area contributed by atoms with Gasteiger partial charge in [0.15, 0.2) is 0 Å². The molecule has 0 fully saturated rings. The Morgan fingerprint density at radius 2 is 1.67 bits per heavy atom. The molecule has 3 nitrogen and oxygen atoms in total. The van der Waals surface area contributed by atoms with Crippen LogP contribution in [0.4, 0.5) is 0 Å². The van der Waals surface area contributed by atoms with Crippen LogP contribution in [0.15, 0.2) is 76.1 Å². The first kappa shape index (κ1) is 11.9. The number of hydrogen-bond donors (Lipinski definition) is 0. The molecule has 0 aliphatic heterocycles. The van der Waals surface area contributed by atoms with Crippen LogP contribution in [0.3, 0.4) is 0 Å². The first-order valence-corrected chi connectivity index (χ1v) is 6.70. The van der Waals surface area contributed by atoms with Gasteiger partial charge in [0.05, 0.1) is 22.2 Å². The van der Waals surface area contributed by atoms with Gasteiger partial charge in [-0.15, -0.1) is 0 Å². The molecule has 0 aliphatic rings. The first-order valence-electron chi connectivity index (χ1n) is 6.70. The monoisotopic (exact) mass is 273 g/mol. The van der Waals surface area contributed by atoms with Crippen LogP contribution in [0, 0.1) is 0 Å². The number of para-hydroxylation sites is 2. The van der Waals surface area contributed by atoms with Gasteiger partial charge < -0.3 is 4.42 Å². The summed E-state index contributed by atoms with van der Waals surface area (Å²) in [5.74, 6) is 0. The summed E-state index contributed by atoms with van der Waals surface area (Å²) < 4.78 is 5.55. The van der Waals surface area contributed by atoms with Crippen molar-refractivity contribution in [1.82, 2.24) is 4.98 Å². The van der Waals surface area contributed by atoms with Gasteiger partial charge in [-0.2, -0.15) is 0 Å². The Morgan fingerprint density at radius 1 is 0.857 bits per heavy atom. The molecule has 2 aromatic carbocycles. The third-order valence-electron chi connectivity index (χ3n) is 3.55. The second kappa shape index (κ2) is 4.56. The summed E-state index contributed by atoms with van der Waals surface area (Å²) in [5.41, 5.74) is 2.52. The van der Waals surface area contributed by atoms with E-state index in [2.05, 4.69) is 4.98 Å². The van der Waals surface area contributed by atoms with E-state index in [1.54, 1.807) is 12.1 Å². The van der Waals surface area contributed by atoms with E-state index >= 15 is 0 Å². The number of benzene rings is 2. The molecule has 0 bridgehead atoms. The molecular weight excluding hydrogens is 262 g/mol. The Morgan fingerprint density at radius 3 is 2.62 bits per heavy atom. The molecule has 0 saturated heterocycles. The highest BCUT2D eigenvalue weighted by Gasteiger charge is 2.10. The molecule has 100 valence electrons. The topological polar surface area (TPSA) is 43.1 Å². The maximum Gasteiger partial charge on any atom is 0.202 e. The summed E-state index contributed by atoms with van der Waals surface area (Å²) in [7, 11) is 0. The maximum absolute atomic E-state index is 12.6. The number of aromatic nitrogens is 1. The van der Waals surface area contributed by atoms with Crippen LogP contribution in [-0.2, 0) is 0 Å². The minimum Gasteiger partial charge on any atom is -0.463 e. The van der Waals surface area contributed by atoms with Gasteiger partial charge in [-0.05, 0) is 24.3 Å². The number of hydrogen-bond acceptors (Lipinski definition) is 3. The fourth-order valence-electron chi connectivity index (χ4n) is 2.47. The maximum atomic E-state index is 12.6. The summed E-state index contributed by atoms with van der Waals surface area (Å²) in [5, 5.41) is 1.62. The summed E-state index contributed by atoms with van der Waals surface area (Å²) >= 11 is 0. The fraction of sp³-hybridized carbons (Fsp3) is 0. The molecule has 0 amide bonds.